The largest absolute Gasteiger partial charge is 0.493 e. The minimum Gasteiger partial charge on any atom is -0.493 e. The second-order valence-corrected chi connectivity index (χ2v) is 8.38. The number of benzene rings is 2. The zero-order valence-electron chi connectivity index (χ0n) is 15.0. The van der Waals surface area contributed by atoms with E-state index < -0.39 is 10.0 Å². The molecule has 8 heteroatoms. The normalized spacial score (nSPS) is 11.8. The highest BCUT2D eigenvalue weighted by Crippen LogP contribution is 2.36. The molecule has 0 unspecified atom stereocenters. The summed E-state index contributed by atoms with van der Waals surface area (Å²) >= 11 is 3.44. The molecule has 0 heterocycles. The van der Waals surface area contributed by atoms with Crippen LogP contribution < -0.4 is 14.3 Å². The van der Waals surface area contributed by atoms with Crippen molar-refractivity contribution in [2.75, 3.05) is 7.11 Å². The van der Waals surface area contributed by atoms with Gasteiger partial charge in [-0.1, -0.05) is 17.7 Å². The van der Waals surface area contributed by atoms with Gasteiger partial charge in [-0.2, -0.15) is 13.5 Å². The summed E-state index contributed by atoms with van der Waals surface area (Å²) in [6, 6.07) is 10.0. The van der Waals surface area contributed by atoms with Gasteiger partial charge < -0.3 is 9.47 Å². The molecule has 0 aliphatic carbocycles. The van der Waals surface area contributed by atoms with E-state index in [1.165, 1.54) is 25.5 Å². The predicted octanol–water partition coefficient (Wildman–Crippen LogP) is 3.87. The molecule has 0 spiro atoms. The van der Waals surface area contributed by atoms with Gasteiger partial charge in [-0.25, -0.2) is 4.83 Å². The van der Waals surface area contributed by atoms with Gasteiger partial charge in [0, 0.05) is 0 Å². The molecule has 26 heavy (non-hydrogen) atoms. The molecule has 0 fully saturated rings. The third kappa shape index (κ3) is 5.22. The summed E-state index contributed by atoms with van der Waals surface area (Å²) in [6.07, 6.45) is 1.39. The summed E-state index contributed by atoms with van der Waals surface area (Å²) in [5.41, 5.74) is 1.63. The van der Waals surface area contributed by atoms with E-state index in [-0.39, 0.29) is 11.0 Å². The van der Waals surface area contributed by atoms with Gasteiger partial charge in [-0.05, 0) is 66.5 Å². The van der Waals surface area contributed by atoms with Crippen LogP contribution in [0.4, 0.5) is 0 Å². The van der Waals surface area contributed by atoms with Gasteiger partial charge in [-0.15, -0.1) is 0 Å². The molecule has 0 aromatic heterocycles. The number of hydrazone groups is 1. The lowest BCUT2D eigenvalue weighted by Gasteiger charge is -2.15. The third-order valence-corrected chi connectivity index (χ3v) is 5.15. The minimum absolute atomic E-state index is 0.0129. The molecule has 6 nitrogen and oxygen atoms in total. The molecule has 0 amide bonds. The molecule has 140 valence electrons. The standard InChI is InChI=1S/C18H21BrN2O4S/c1-12(2)25-18-16(19)9-14(10-17(18)24-4)11-20-21-26(22,23)15-7-5-13(3)6-8-15/h5-12,21H,1-4H3/b20-11+. The van der Waals surface area contributed by atoms with Gasteiger partial charge in [0.15, 0.2) is 11.5 Å². The van der Waals surface area contributed by atoms with Gasteiger partial charge in [0.1, 0.15) is 0 Å². The van der Waals surface area contributed by atoms with E-state index in [1.807, 2.05) is 20.8 Å². The quantitative estimate of drug-likeness (QED) is 0.523. The Morgan fingerprint density at radius 1 is 1.19 bits per heavy atom. The van der Waals surface area contributed by atoms with E-state index >= 15 is 0 Å². The van der Waals surface area contributed by atoms with Crippen LogP contribution in [0.15, 0.2) is 50.9 Å². The lowest BCUT2D eigenvalue weighted by molar-refractivity contribution is 0.228. The van der Waals surface area contributed by atoms with Crippen molar-refractivity contribution in [1.82, 2.24) is 4.83 Å². The summed E-state index contributed by atoms with van der Waals surface area (Å²) in [6.45, 7) is 5.72. The number of aryl methyl sites for hydroxylation is 1. The average molecular weight is 441 g/mol. The predicted molar refractivity (Wildman–Crippen MR) is 106 cm³/mol. The molecule has 0 aliphatic heterocycles. The van der Waals surface area contributed by atoms with E-state index in [0.717, 1.165) is 5.56 Å². The highest BCUT2D eigenvalue weighted by atomic mass is 79.9. The van der Waals surface area contributed by atoms with E-state index in [9.17, 15) is 8.42 Å². The summed E-state index contributed by atoms with van der Waals surface area (Å²) in [7, 11) is -2.17. The van der Waals surface area contributed by atoms with Gasteiger partial charge in [0.2, 0.25) is 0 Å². The molecule has 0 bridgehead atoms. The zero-order valence-corrected chi connectivity index (χ0v) is 17.4. The van der Waals surface area contributed by atoms with E-state index in [4.69, 9.17) is 9.47 Å². The Bertz CT molecular complexity index is 894. The molecule has 0 atom stereocenters. The van der Waals surface area contributed by atoms with Gasteiger partial charge in [-0.3, -0.25) is 0 Å². The molecule has 0 saturated carbocycles. The van der Waals surface area contributed by atoms with Crippen LogP contribution in [0.5, 0.6) is 11.5 Å². The molecular formula is C18H21BrN2O4S. The maximum atomic E-state index is 12.2. The molecule has 2 aromatic rings. The Morgan fingerprint density at radius 3 is 2.42 bits per heavy atom. The van der Waals surface area contributed by atoms with Crippen LogP contribution in [0.25, 0.3) is 0 Å². The lowest BCUT2D eigenvalue weighted by atomic mass is 10.2. The second kappa shape index (κ2) is 8.55. The summed E-state index contributed by atoms with van der Waals surface area (Å²) in [5.74, 6) is 1.11. The van der Waals surface area contributed by atoms with Gasteiger partial charge in [0.25, 0.3) is 10.0 Å². The zero-order chi connectivity index (χ0) is 19.3. The maximum Gasteiger partial charge on any atom is 0.276 e. The SMILES string of the molecule is COc1cc(/C=N/NS(=O)(=O)c2ccc(C)cc2)cc(Br)c1OC(C)C. The van der Waals surface area contributed by atoms with Crippen molar-refractivity contribution in [2.45, 2.75) is 31.8 Å². The fourth-order valence-corrected chi connectivity index (χ4v) is 3.45. The van der Waals surface area contributed by atoms with Gasteiger partial charge >= 0.3 is 0 Å². The number of nitrogens with zero attached hydrogens (tertiary/aromatic N) is 1. The van der Waals surface area contributed by atoms with Crippen LogP contribution in [0.3, 0.4) is 0 Å². The molecule has 0 radical (unpaired) electrons. The van der Waals surface area contributed by atoms with E-state index in [0.29, 0.717) is 21.5 Å². The molecule has 1 N–H and O–H groups in total. The average Bonchev–Trinajstić information content (AvgIpc) is 2.57. The molecule has 2 rings (SSSR count). The first kappa shape index (κ1) is 20.3. The fraction of sp³-hybridized carbons (Fsp3) is 0.278. The number of ether oxygens (including phenoxy) is 2. The minimum atomic E-state index is -3.71. The topological polar surface area (TPSA) is 77.0 Å². The number of halogens is 1. The van der Waals surface area contributed by atoms with Crippen LogP contribution in [0, 0.1) is 6.92 Å². The Morgan fingerprint density at radius 2 is 1.85 bits per heavy atom. The highest BCUT2D eigenvalue weighted by Gasteiger charge is 2.14. The van der Waals surface area contributed by atoms with Crippen LogP contribution in [-0.4, -0.2) is 27.8 Å². The Kier molecular flexibility index (Phi) is 6.66. The van der Waals surface area contributed by atoms with Crippen molar-refractivity contribution in [3.05, 3.63) is 52.0 Å². The van der Waals surface area contributed by atoms with Crippen molar-refractivity contribution in [3.8, 4) is 11.5 Å². The number of rotatable bonds is 7. The van der Waals surface area contributed by atoms with Gasteiger partial charge in [0.05, 0.1) is 28.8 Å². The number of sulfonamides is 1. The molecular weight excluding hydrogens is 420 g/mol. The first-order chi connectivity index (χ1) is 12.2. The summed E-state index contributed by atoms with van der Waals surface area (Å²) < 4.78 is 36.2. The number of hydrogen-bond donors (Lipinski definition) is 1. The summed E-state index contributed by atoms with van der Waals surface area (Å²) in [4.78, 5) is 2.35. The lowest BCUT2D eigenvalue weighted by Crippen LogP contribution is -2.18. The van der Waals surface area contributed by atoms with Crippen molar-refractivity contribution in [1.29, 1.82) is 0 Å². The van der Waals surface area contributed by atoms with Crippen molar-refractivity contribution in [2.24, 2.45) is 5.10 Å². The monoisotopic (exact) mass is 440 g/mol. The van der Waals surface area contributed by atoms with Crippen molar-refractivity contribution in [3.63, 3.8) is 0 Å². The van der Waals surface area contributed by atoms with Crippen LogP contribution in [-0.2, 0) is 10.0 Å². The first-order valence-electron chi connectivity index (χ1n) is 7.88. The van der Waals surface area contributed by atoms with Crippen LogP contribution in [0.2, 0.25) is 0 Å². The molecule has 0 aliphatic rings. The number of hydrogen-bond acceptors (Lipinski definition) is 5. The number of methoxy groups -OCH3 is 1. The Hall–Kier alpha value is -2.06. The van der Waals surface area contributed by atoms with E-state index in [1.54, 1.807) is 24.3 Å². The molecule has 0 saturated heterocycles. The van der Waals surface area contributed by atoms with Crippen LogP contribution >= 0.6 is 15.9 Å². The maximum absolute atomic E-state index is 12.2. The second-order valence-electron chi connectivity index (χ2n) is 5.87. The smallest absolute Gasteiger partial charge is 0.276 e. The highest BCUT2D eigenvalue weighted by molar-refractivity contribution is 9.10. The Balaban J connectivity index is 2.20. The summed E-state index contributed by atoms with van der Waals surface area (Å²) in [5, 5.41) is 3.84. The van der Waals surface area contributed by atoms with E-state index in [2.05, 4.69) is 25.9 Å². The Labute approximate surface area is 162 Å². The molecule has 2 aromatic carbocycles. The third-order valence-electron chi connectivity index (χ3n) is 3.32. The first-order valence-corrected chi connectivity index (χ1v) is 10.2. The van der Waals surface area contributed by atoms with Crippen molar-refractivity contribution >= 4 is 32.2 Å². The van der Waals surface area contributed by atoms with Crippen molar-refractivity contribution < 1.29 is 17.9 Å². The van der Waals surface area contributed by atoms with Crippen LogP contribution in [0.1, 0.15) is 25.0 Å². The fourth-order valence-electron chi connectivity index (χ4n) is 2.10. The number of nitrogens with one attached hydrogen (secondary N) is 1.